The summed E-state index contributed by atoms with van der Waals surface area (Å²) in [7, 11) is 1.54. The first kappa shape index (κ1) is 14.3. The first-order valence-corrected chi connectivity index (χ1v) is 7.36. The molecule has 0 radical (unpaired) electrons. The van der Waals surface area contributed by atoms with Gasteiger partial charge in [-0.05, 0) is 24.5 Å². The number of hydrogen-bond acceptors (Lipinski definition) is 4. The summed E-state index contributed by atoms with van der Waals surface area (Å²) in [5, 5.41) is 0.422. The van der Waals surface area contributed by atoms with Crippen molar-refractivity contribution in [1.82, 2.24) is 9.97 Å². The van der Waals surface area contributed by atoms with E-state index in [9.17, 15) is 0 Å². The summed E-state index contributed by atoms with van der Waals surface area (Å²) in [5.41, 5.74) is 2.14. The third kappa shape index (κ3) is 3.52. The summed E-state index contributed by atoms with van der Waals surface area (Å²) >= 11 is 5.97. The molecule has 110 valence electrons. The summed E-state index contributed by atoms with van der Waals surface area (Å²) in [6.45, 7) is 0.659. The lowest BCUT2D eigenvalue weighted by molar-refractivity contribution is -0.0215. The molecule has 4 nitrogen and oxygen atoms in total. The Hall–Kier alpha value is -1.65. The predicted molar refractivity (Wildman–Crippen MR) is 80.6 cm³/mol. The normalized spacial score (nSPS) is 20.9. The van der Waals surface area contributed by atoms with E-state index in [0.717, 1.165) is 18.5 Å². The van der Waals surface area contributed by atoms with E-state index in [-0.39, 0.29) is 6.10 Å². The largest absolute Gasteiger partial charge is 0.467 e. The molecule has 5 heteroatoms. The van der Waals surface area contributed by atoms with Gasteiger partial charge in [0.15, 0.2) is 0 Å². The van der Waals surface area contributed by atoms with Gasteiger partial charge in [-0.25, -0.2) is 0 Å². The third-order valence-electron chi connectivity index (χ3n) is 3.72. The zero-order valence-corrected chi connectivity index (χ0v) is 12.6. The predicted octanol–water partition coefficient (Wildman–Crippen LogP) is 3.60. The molecule has 0 aliphatic heterocycles. The van der Waals surface area contributed by atoms with Crippen LogP contribution in [0.25, 0.3) is 0 Å². The van der Waals surface area contributed by atoms with Crippen molar-refractivity contribution in [2.45, 2.75) is 31.5 Å². The van der Waals surface area contributed by atoms with E-state index in [0.29, 0.717) is 23.7 Å². The van der Waals surface area contributed by atoms with Crippen molar-refractivity contribution >= 4 is 11.6 Å². The zero-order valence-electron chi connectivity index (χ0n) is 11.8. The maximum atomic E-state index is 5.97. The molecule has 1 saturated carbocycles. The quantitative estimate of drug-likeness (QED) is 0.792. The highest BCUT2D eigenvalue weighted by atomic mass is 35.5. The van der Waals surface area contributed by atoms with Crippen LogP contribution in [0.15, 0.2) is 36.4 Å². The second kappa shape index (κ2) is 6.41. The SMILES string of the molecule is COc1nc(Cl)cc(C2CC(OCc3ccccc3)C2)n1. The fourth-order valence-electron chi connectivity index (χ4n) is 2.45. The summed E-state index contributed by atoms with van der Waals surface area (Å²) in [6, 6.07) is 12.3. The Labute approximate surface area is 129 Å². The lowest BCUT2D eigenvalue weighted by Gasteiger charge is -2.34. The summed E-state index contributed by atoms with van der Waals surface area (Å²) in [5.74, 6) is 0.375. The highest BCUT2D eigenvalue weighted by Gasteiger charge is 2.32. The van der Waals surface area contributed by atoms with Crippen molar-refractivity contribution < 1.29 is 9.47 Å². The first-order chi connectivity index (χ1) is 10.2. The molecule has 1 aromatic carbocycles. The Kier molecular flexibility index (Phi) is 4.36. The van der Waals surface area contributed by atoms with Gasteiger partial charge in [-0.3, -0.25) is 0 Å². The van der Waals surface area contributed by atoms with Gasteiger partial charge in [0.25, 0.3) is 0 Å². The van der Waals surface area contributed by atoms with Crippen LogP contribution in [0.4, 0.5) is 0 Å². The molecule has 1 heterocycles. The highest BCUT2D eigenvalue weighted by molar-refractivity contribution is 6.29. The summed E-state index contributed by atoms with van der Waals surface area (Å²) in [4.78, 5) is 8.34. The topological polar surface area (TPSA) is 44.2 Å². The van der Waals surface area contributed by atoms with Crippen LogP contribution in [0.3, 0.4) is 0 Å². The molecule has 3 rings (SSSR count). The van der Waals surface area contributed by atoms with Crippen LogP contribution in [-0.4, -0.2) is 23.2 Å². The molecule has 0 saturated heterocycles. The van der Waals surface area contributed by atoms with Crippen LogP contribution in [0, 0.1) is 0 Å². The Morgan fingerprint density at radius 1 is 1.19 bits per heavy atom. The molecule has 0 unspecified atom stereocenters. The summed E-state index contributed by atoms with van der Waals surface area (Å²) in [6.07, 6.45) is 2.21. The van der Waals surface area contributed by atoms with E-state index in [2.05, 4.69) is 22.1 Å². The van der Waals surface area contributed by atoms with E-state index in [1.54, 1.807) is 7.11 Å². The maximum absolute atomic E-state index is 5.97. The minimum Gasteiger partial charge on any atom is -0.467 e. The van der Waals surface area contributed by atoms with E-state index in [1.165, 1.54) is 5.56 Å². The van der Waals surface area contributed by atoms with E-state index in [4.69, 9.17) is 21.1 Å². The second-order valence-electron chi connectivity index (χ2n) is 5.19. The lowest BCUT2D eigenvalue weighted by atomic mass is 9.80. The number of nitrogens with zero attached hydrogens (tertiary/aromatic N) is 2. The van der Waals surface area contributed by atoms with E-state index < -0.39 is 0 Å². The molecule has 1 aliphatic carbocycles. The smallest absolute Gasteiger partial charge is 0.317 e. The van der Waals surface area contributed by atoms with Gasteiger partial charge in [0.1, 0.15) is 5.15 Å². The highest BCUT2D eigenvalue weighted by Crippen LogP contribution is 2.39. The van der Waals surface area contributed by atoms with Gasteiger partial charge in [0.05, 0.1) is 25.5 Å². The van der Waals surface area contributed by atoms with Crippen LogP contribution in [-0.2, 0) is 11.3 Å². The third-order valence-corrected chi connectivity index (χ3v) is 3.91. The van der Waals surface area contributed by atoms with Gasteiger partial charge in [0.2, 0.25) is 0 Å². The molecule has 1 aromatic heterocycles. The zero-order chi connectivity index (χ0) is 14.7. The van der Waals surface area contributed by atoms with Crippen LogP contribution in [0.5, 0.6) is 6.01 Å². The number of hydrogen-bond donors (Lipinski definition) is 0. The van der Waals surface area contributed by atoms with Crippen LogP contribution in [0.2, 0.25) is 5.15 Å². The number of aromatic nitrogens is 2. The molecule has 0 N–H and O–H groups in total. The van der Waals surface area contributed by atoms with Crippen LogP contribution >= 0.6 is 11.6 Å². The van der Waals surface area contributed by atoms with Gasteiger partial charge >= 0.3 is 6.01 Å². The van der Waals surface area contributed by atoms with Crippen molar-refractivity contribution in [3.63, 3.8) is 0 Å². The second-order valence-corrected chi connectivity index (χ2v) is 5.58. The molecular formula is C16H17ClN2O2. The van der Waals surface area contributed by atoms with Crippen LogP contribution < -0.4 is 4.74 Å². The van der Waals surface area contributed by atoms with Crippen molar-refractivity contribution in [3.05, 3.63) is 52.8 Å². The first-order valence-electron chi connectivity index (χ1n) is 6.98. The molecule has 2 aromatic rings. The average Bonchev–Trinajstić information content (AvgIpc) is 2.46. The van der Waals surface area contributed by atoms with Crippen molar-refractivity contribution in [1.29, 1.82) is 0 Å². The molecular weight excluding hydrogens is 288 g/mol. The van der Waals surface area contributed by atoms with E-state index >= 15 is 0 Å². The van der Waals surface area contributed by atoms with Crippen molar-refractivity contribution in [2.24, 2.45) is 0 Å². The molecule has 21 heavy (non-hydrogen) atoms. The number of ether oxygens (including phenoxy) is 2. The Morgan fingerprint density at radius 2 is 1.95 bits per heavy atom. The Balaban J connectivity index is 1.52. The van der Waals surface area contributed by atoms with Gasteiger partial charge < -0.3 is 9.47 Å². The van der Waals surface area contributed by atoms with Crippen LogP contribution in [0.1, 0.15) is 30.0 Å². The fraction of sp³-hybridized carbons (Fsp3) is 0.375. The van der Waals surface area contributed by atoms with Gasteiger partial charge in [-0.15, -0.1) is 0 Å². The average molecular weight is 305 g/mol. The summed E-state index contributed by atoms with van der Waals surface area (Å²) < 4.78 is 10.9. The monoisotopic (exact) mass is 304 g/mol. The molecule has 0 amide bonds. The lowest BCUT2D eigenvalue weighted by Crippen LogP contribution is -2.30. The van der Waals surface area contributed by atoms with E-state index in [1.807, 2.05) is 24.3 Å². The number of halogens is 1. The number of benzene rings is 1. The minimum absolute atomic E-state index is 0.287. The Morgan fingerprint density at radius 3 is 2.67 bits per heavy atom. The molecule has 0 bridgehead atoms. The molecule has 1 fully saturated rings. The maximum Gasteiger partial charge on any atom is 0.317 e. The number of methoxy groups -OCH3 is 1. The van der Waals surface area contributed by atoms with Crippen molar-refractivity contribution in [2.75, 3.05) is 7.11 Å². The standard InChI is InChI=1S/C16H17ClN2O2/c1-20-16-18-14(9-15(17)19-16)12-7-13(8-12)21-10-11-5-3-2-4-6-11/h2-6,9,12-13H,7-8,10H2,1H3. The number of rotatable bonds is 5. The molecule has 0 atom stereocenters. The van der Waals surface area contributed by atoms with Gasteiger partial charge in [-0.1, -0.05) is 41.9 Å². The Bertz CT molecular complexity index is 600. The molecule has 0 spiro atoms. The fourth-order valence-corrected chi connectivity index (χ4v) is 2.63. The minimum atomic E-state index is 0.287. The van der Waals surface area contributed by atoms with Gasteiger partial charge in [0, 0.05) is 5.92 Å². The van der Waals surface area contributed by atoms with Crippen molar-refractivity contribution in [3.8, 4) is 6.01 Å². The van der Waals surface area contributed by atoms with Gasteiger partial charge in [-0.2, -0.15) is 9.97 Å². The molecule has 1 aliphatic rings.